The second-order valence-electron chi connectivity index (χ2n) is 0. The second kappa shape index (κ2) is 111. The van der Waals surface area contributed by atoms with Gasteiger partial charge in [-0.05, 0) is 0 Å². The van der Waals surface area contributed by atoms with Crippen LogP contribution in [0.5, 0.6) is 0 Å². The number of hydrogen-bond acceptors (Lipinski definition) is 0. The van der Waals surface area contributed by atoms with Gasteiger partial charge in [-0.25, -0.2) is 0 Å². The van der Waals surface area contributed by atoms with E-state index in [1.165, 1.54) is 0 Å². The van der Waals surface area contributed by atoms with Gasteiger partial charge in [0.15, 0.2) is 0 Å². The van der Waals surface area contributed by atoms with Gasteiger partial charge >= 0.3 is 0 Å². The van der Waals surface area contributed by atoms with E-state index in [1.54, 1.807) is 6.92 Å². The summed E-state index contributed by atoms with van der Waals surface area (Å²) in [5, 5.41) is 0. The van der Waals surface area contributed by atoms with E-state index in [1.807, 2.05) is 0 Å². The molecule has 0 aromatic carbocycles. The van der Waals surface area contributed by atoms with E-state index in [-0.39, 0.29) is 458 Å². The Morgan fingerprint density at radius 2 is 0.250 bits per heavy atom. The van der Waals surface area contributed by atoms with Gasteiger partial charge in [0.2, 0.25) is 0 Å². The Hall–Kier alpha value is 15.5. The molecular weight excluding hydrogens is 1270 g/mol. The molecule has 0 aliphatic carbocycles. The van der Waals surface area contributed by atoms with Gasteiger partial charge in [0, 0.05) is 458 Å². The molecule has 0 atom stereocenters. The smallest absolute Gasteiger partial charge is 0 e. The third-order valence-corrected chi connectivity index (χ3v) is 0. The van der Waals surface area contributed by atoms with Gasteiger partial charge in [-0.15, -0.1) is 0 Å². The summed E-state index contributed by atoms with van der Waals surface area (Å²) in [7, 11) is 0. The first kappa shape index (κ1) is 108. The molecule has 56 valence electrons. The molecule has 0 aromatic heterocycles. The largest absolute Gasteiger partial charge is 0.346 e. The van der Waals surface area contributed by atoms with Crippen molar-refractivity contribution in [1.82, 2.24) is 0 Å². The molecule has 0 heterocycles. The molecule has 0 aliphatic rings. The quantitative estimate of drug-likeness (QED) is 0.316. The van der Waals surface area contributed by atoms with Crippen LogP contribution in [0.15, 0.2) is 0 Å². The van der Waals surface area contributed by atoms with Crippen LogP contribution in [-0.4, -0.2) is 0 Å². The van der Waals surface area contributed by atoms with Gasteiger partial charge in [0.1, 0.15) is 0 Å². The summed E-state index contributed by atoms with van der Waals surface area (Å²) in [6, 6.07) is 0. The Labute approximate surface area is 454 Å². The van der Waals surface area contributed by atoms with Crippen LogP contribution in [0.2, 0.25) is 0 Å². The van der Waals surface area contributed by atoms with E-state index in [2.05, 4.69) is 6.92 Å². The molecule has 0 fully saturated rings. The van der Waals surface area contributed by atoms with E-state index >= 15 is 0 Å². The summed E-state index contributed by atoms with van der Waals surface area (Å²) in [4.78, 5) is 0. The van der Waals surface area contributed by atoms with Crippen molar-refractivity contribution in [2.45, 2.75) is 6.92 Å². The summed E-state index contributed by atoms with van der Waals surface area (Å²) >= 11 is 0. The van der Waals surface area contributed by atoms with Crippen LogP contribution in [0.3, 0.4) is 0 Å². The molecule has 0 rings (SSSR count). The maximum Gasteiger partial charge on any atom is 0 e. The van der Waals surface area contributed by atoms with Gasteiger partial charge < -0.3 is 6.92 Å². The average molecular weight is 1270 g/mol. The third-order valence-electron chi connectivity index (χ3n) is 0. The first-order valence-corrected chi connectivity index (χ1v) is 0.707. The van der Waals surface area contributed by atoms with Crippen LogP contribution in [0.4, 0.5) is 0 Å². The molecule has 0 saturated carbocycles. The molecule has 16 heavy (non-hydrogen) atoms. The molecule has 0 unspecified atom stereocenters. The van der Waals surface area contributed by atoms with Gasteiger partial charge in [-0.2, -0.15) is 6.92 Å². The molecule has 0 saturated heterocycles. The number of rotatable bonds is 0. The normalized spacial score (nSPS) is 0.375. The molecule has 0 aromatic rings. The fraction of sp³-hybridized carbons (Fsp3) is 0.500. The topological polar surface area (TPSA) is 0 Å². The van der Waals surface area contributed by atoms with E-state index in [4.69, 9.17) is 0 Å². The van der Waals surface area contributed by atoms with Crippen LogP contribution in [0.25, 0.3) is 0 Å². The zero-order valence-corrected chi connectivity index (χ0v) is 49.5. The van der Waals surface area contributed by atoms with Crippen molar-refractivity contribution in [1.29, 1.82) is 0 Å². The minimum absolute atomic E-state index is 0. The van der Waals surface area contributed by atoms with E-state index < -0.39 is 0 Å². The summed E-state index contributed by atoms with van der Waals surface area (Å²) in [6.07, 6.45) is 0. The van der Waals surface area contributed by atoms with Gasteiger partial charge in [0.05, 0.1) is 0 Å². The average Bonchev–Trinajstić information content (AvgIpc) is 1.00. The van der Waals surface area contributed by atoms with Crippen LogP contribution < -0.4 is 0 Å². The maximum atomic E-state index is 3.25. The predicted molar refractivity (Wildman–Crippen MR) is 11.0 cm³/mol. The van der Waals surface area contributed by atoms with E-state index in [0.717, 1.165) is 0 Å². The Bertz CT molecular complexity index is 8.70. The molecule has 14 heteroatoms. The van der Waals surface area contributed by atoms with Crippen LogP contribution in [-0.2, 0) is 458 Å². The van der Waals surface area contributed by atoms with Crippen molar-refractivity contribution in [3.05, 3.63) is 6.92 Å². The van der Waals surface area contributed by atoms with Crippen molar-refractivity contribution in [3.63, 3.8) is 0 Å². The minimum Gasteiger partial charge on any atom is -0.346 e. The Morgan fingerprint density at radius 3 is 0.250 bits per heavy atom. The monoisotopic (exact) mass is 1270 g/mol. The SMILES string of the molecule is [CH2-]C.[Y].[Y].[Y].[Y].[Y].[Y].[Y].[Y].[Y].[Y].[Y].[Y].[Y].[Y]. The molecule has 0 aliphatic heterocycles. The minimum atomic E-state index is 0. The molecule has 14 radical (unpaired) electrons. The molecule has 0 N–H and O–H groups in total. The van der Waals surface area contributed by atoms with Crippen LogP contribution in [0.1, 0.15) is 6.92 Å². The predicted octanol–water partition coefficient (Wildman–Crippen LogP) is 0.805. The second-order valence-corrected chi connectivity index (χ2v) is 0. The van der Waals surface area contributed by atoms with Crippen molar-refractivity contribution in [2.75, 3.05) is 0 Å². The van der Waals surface area contributed by atoms with E-state index in [9.17, 15) is 0 Å². The summed E-state index contributed by atoms with van der Waals surface area (Å²) < 4.78 is 0. The fourth-order valence-corrected chi connectivity index (χ4v) is 0. The van der Waals surface area contributed by atoms with Gasteiger partial charge in [0.25, 0.3) is 0 Å². The number of hydrogen-bond donors (Lipinski definition) is 0. The first-order valence-electron chi connectivity index (χ1n) is 0.707. The fourth-order valence-electron chi connectivity index (χ4n) is 0. The van der Waals surface area contributed by atoms with Crippen molar-refractivity contribution in [3.8, 4) is 0 Å². The van der Waals surface area contributed by atoms with E-state index in [0.29, 0.717) is 0 Å². The van der Waals surface area contributed by atoms with Crippen molar-refractivity contribution in [2.24, 2.45) is 0 Å². The molecule has 0 spiro atoms. The van der Waals surface area contributed by atoms with Crippen molar-refractivity contribution >= 4 is 0 Å². The third kappa shape index (κ3) is 99.8. The molecule has 0 amide bonds. The first-order chi connectivity index (χ1) is 1.00. The zero-order chi connectivity index (χ0) is 2.00. The zero-order valence-electron chi connectivity index (χ0n) is 9.79. The maximum absolute atomic E-state index is 3.25. The Morgan fingerprint density at radius 1 is 0.250 bits per heavy atom. The van der Waals surface area contributed by atoms with Gasteiger partial charge in [-0.1, -0.05) is 0 Å². The Kier molecular flexibility index (Phi) is 745. The molecule has 0 bridgehead atoms. The standard InChI is InChI=1S/C2H5.14Y/c1-2;;;;;;;;;;;;;;/h1H2,2H3;;;;;;;;;;;;;;/q-1;;;;;;;;;;;;;;. The van der Waals surface area contributed by atoms with Gasteiger partial charge in [-0.3, -0.25) is 0 Å². The summed E-state index contributed by atoms with van der Waals surface area (Å²) in [6.45, 7) is 5.00. The Balaban J connectivity index is -0.0000000000549. The summed E-state index contributed by atoms with van der Waals surface area (Å²) in [5.41, 5.74) is 0. The van der Waals surface area contributed by atoms with Crippen LogP contribution >= 0.6 is 0 Å². The summed E-state index contributed by atoms with van der Waals surface area (Å²) in [5.74, 6) is 0. The molecular formula is C2H5Y14-. The van der Waals surface area contributed by atoms with Crippen LogP contribution in [0, 0.1) is 6.92 Å². The van der Waals surface area contributed by atoms with Crippen molar-refractivity contribution < 1.29 is 458 Å². The molecule has 0 nitrogen and oxygen atoms in total.